The topological polar surface area (TPSA) is 70.8 Å². The summed E-state index contributed by atoms with van der Waals surface area (Å²) in [5.41, 5.74) is 1.01. The summed E-state index contributed by atoms with van der Waals surface area (Å²) in [6, 6.07) is 22.1. The van der Waals surface area contributed by atoms with Gasteiger partial charge in [0, 0.05) is 44.6 Å². The van der Waals surface area contributed by atoms with Crippen LogP contribution in [-0.4, -0.2) is 49.7 Å². The van der Waals surface area contributed by atoms with Crippen molar-refractivity contribution in [3.63, 3.8) is 0 Å². The van der Waals surface area contributed by atoms with E-state index in [0.717, 1.165) is 17.1 Å². The number of carbonyl (C=O) groups excluding carboxylic acids is 1. The molecule has 1 saturated heterocycles. The van der Waals surface area contributed by atoms with Crippen molar-refractivity contribution < 1.29 is 17.6 Å². The molecule has 0 N–H and O–H groups in total. The molecule has 0 atom stereocenters. The van der Waals surface area contributed by atoms with Crippen molar-refractivity contribution in [1.82, 2.24) is 9.21 Å². The summed E-state index contributed by atoms with van der Waals surface area (Å²) in [4.78, 5) is 14.6. The molecule has 156 valence electrons. The second-order valence-corrected chi connectivity index (χ2v) is 9.17. The largest absolute Gasteiger partial charge is 0.461 e. The van der Waals surface area contributed by atoms with E-state index in [1.54, 1.807) is 35.2 Å². The molecule has 1 aromatic heterocycles. The molecule has 0 radical (unpaired) electrons. The summed E-state index contributed by atoms with van der Waals surface area (Å²) in [5, 5.41) is 0. The van der Waals surface area contributed by atoms with Gasteiger partial charge in [-0.05, 0) is 24.3 Å². The summed E-state index contributed by atoms with van der Waals surface area (Å²) < 4.78 is 32.7. The Morgan fingerprint density at radius 1 is 0.833 bits per heavy atom. The zero-order valence-electron chi connectivity index (χ0n) is 16.6. The van der Waals surface area contributed by atoms with Crippen LogP contribution in [0.1, 0.15) is 12.2 Å². The number of sulfonamides is 1. The molecule has 0 bridgehead atoms. The molecule has 1 amide bonds. The third-order valence-electron chi connectivity index (χ3n) is 5.28. The lowest BCUT2D eigenvalue weighted by molar-refractivity contribution is -0.132. The lowest BCUT2D eigenvalue weighted by Gasteiger charge is -2.34. The van der Waals surface area contributed by atoms with Crippen LogP contribution in [0, 0.1) is 0 Å². The molecule has 2 aromatic carbocycles. The van der Waals surface area contributed by atoms with Crippen molar-refractivity contribution >= 4 is 15.9 Å². The van der Waals surface area contributed by atoms with Gasteiger partial charge in [-0.2, -0.15) is 4.31 Å². The first-order valence-corrected chi connectivity index (χ1v) is 11.5. The van der Waals surface area contributed by atoms with Crippen molar-refractivity contribution in [3.8, 4) is 11.3 Å². The smallest absolute Gasteiger partial charge is 0.243 e. The van der Waals surface area contributed by atoms with Crippen LogP contribution in [0.4, 0.5) is 0 Å². The number of aryl methyl sites for hydroxylation is 1. The van der Waals surface area contributed by atoms with Crippen LogP contribution in [0.25, 0.3) is 11.3 Å². The van der Waals surface area contributed by atoms with E-state index in [0.29, 0.717) is 39.0 Å². The number of furan rings is 1. The number of hydrogen-bond acceptors (Lipinski definition) is 4. The normalized spacial score (nSPS) is 15.3. The van der Waals surface area contributed by atoms with E-state index in [2.05, 4.69) is 0 Å². The highest BCUT2D eigenvalue weighted by Gasteiger charge is 2.29. The third kappa shape index (κ3) is 4.47. The van der Waals surface area contributed by atoms with Crippen LogP contribution in [0.5, 0.6) is 0 Å². The number of rotatable bonds is 6. The second kappa shape index (κ2) is 8.85. The minimum Gasteiger partial charge on any atom is -0.461 e. The SMILES string of the molecule is O=C(CCc1ccc(-c2ccccc2)o1)N1CCN(S(=O)(=O)c2ccccc2)CC1. The zero-order chi connectivity index (χ0) is 21.0. The van der Waals surface area contributed by atoms with Gasteiger partial charge in [0.25, 0.3) is 0 Å². The molecule has 6 nitrogen and oxygen atoms in total. The van der Waals surface area contributed by atoms with E-state index >= 15 is 0 Å². The number of benzene rings is 2. The Morgan fingerprint density at radius 3 is 2.13 bits per heavy atom. The van der Waals surface area contributed by atoms with Gasteiger partial charge in [0.2, 0.25) is 15.9 Å². The molecule has 1 aliphatic heterocycles. The van der Waals surface area contributed by atoms with Gasteiger partial charge in [0.1, 0.15) is 11.5 Å². The van der Waals surface area contributed by atoms with Crippen molar-refractivity contribution in [2.45, 2.75) is 17.7 Å². The monoisotopic (exact) mass is 424 g/mol. The highest BCUT2D eigenvalue weighted by Crippen LogP contribution is 2.23. The van der Waals surface area contributed by atoms with E-state index in [4.69, 9.17) is 4.42 Å². The van der Waals surface area contributed by atoms with Crippen LogP contribution < -0.4 is 0 Å². The molecular formula is C23H24N2O4S. The Bertz CT molecular complexity index is 1090. The first-order valence-electron chi connectivity index (χ1n) is 10.0. The van der Waals surface area contributed by atoms with E-state index in [1.165, 1.54) is 4.31 Å². The van der Waals surface area contributed by atoms with Gasteiger partial charge in [-0.3, -0.25) is 4.79 Å². The van der Waals surface area contributed by atoms with Crippen molar-refractivity contribution in [2.75, 3.05) is 26.2 Å². The maximum absolute atomic E-state index is 12.7. The van der Waals surface area contributed by atoms with Gasteiger partial charge in [0.05, 0.1) is 4.90 Å². The molecule has 30 heavy (non-hydrogen) atoms. The fourth-order valence-electron chi connectivity index (χ4n) is 3.58. The van der Waals surface area contributed by atoms with Gasteiger partial charge in [-0.1, -0.05) is 48.5 Å². The Hall–Kier alpha value is -2.90. The van der Waals surface area contributed by atoms with Gasteiger partial charge < -0.3 is 9.32 Å². The number of hydrogen-bond donors (Lipinski definition) is 0. The molecule has 7 heteroatoms. The average Bonchev–Trinajstić information content (AvgIpc) is 3.28. The average molecular weight is 425 g/mol. The van der Waals surface area contributed by atoms with E-state index in [9.17, 15) is 13.2 Å². The molecule has 0 saturated carbocycles. The summed E-state index contributed by atoms with van der Waals surface area (Å²) in [7, 11) is -3.51. The molecule has 2 heterocycles. The van der Waals surface area contributed by atoms with Crippen LogP contribution in [0.15, 0.2) is 82.1 Å². The fourth-order valence-corrected chi connectivity index (χ4v) is 5.02. The van der Waals surface area contributed by atoms with E-state index in [-0.39, 0.29) is 10.8 Å². The van der Waals surface area contributed by atoms with Crippen molar-refractivity contribution in [2.24, 2.45) is 0 Å². The maximum atomic E-state index is 12.7. The van der Waals surface area contributed by atoms with E-state index < -0.39 is 10.0 Å². The quantitative estimate of drug-likeness (QED) is 0.608. The first-order chi connectivity index (χ1) is 14.5. The van der Waals surface area contributed by atoms with Crippen LogP contribution in [0.3, 0.4) is 0 Å². The van der Waals surface area contributed by atoms with Crippen LogP contribution >= 0.6 is 0 Å². The van der Waals surface area contributed by atoms with Crippen LogP contribution in [-0.2, 0) is 21.2 Å². The molecule has 1 aliphatic rings. The number of carbonyl (C=O) groups is 1. The van der Waals surface area contributed by atoms with Gasteiger partial charge in [-0.15, -0.1) is 0 Å². The second-order valence-electron chi connectivity index (χ2n) is 7.23. The lowest BCUT2D eigenvalue weighted by Crippen LogP contribution is -2.50. The molecule has 0 unspecified atom stereocenters. The number of nitrogens with zero attached hydrogens (tertiary/aromatic N) is 2. The lowest BCUT2D eigenvalue weighted by atomic mass is 10.2. The molecule has 4 rings (SSSR count). The van der Waals surface area contributed by atoms with Crippen molar-refractivity contribution in [3.05, 3.63) is 78.6 Å². The van der Waals surface area contributed by atoms with E-state index in [1.807, 2.05) is 42.5 Å². The van der Waals surface area contributed by atoms with Gasteiger partial charge >= 0.3 is 0 Å². The Kier molecular flexibility index (Phi) is 6.01. The predicted octanol–water partition coefficient (Wildman–Crippen LogP) is 3.41. The minimum absolute atomic E-state index is 0.0180. The molecule has 1 fully saturated rings. The summed E-state index contributed by atoms with van der Waals surface area (Å²) in [6.45, 7) is 1.42. The Labute approximate surface area is 176 Å². The maximum Gasteiger partial charge on any atom is 0.243 e. The van der Waals surface area contributed by atoms with Gasteiger partial charge in [0.15, 0.2) is 0 Å². The number of amides is 1. The highest BCUT2D eigenvalue weighted by molar-refractivity contribution is 7.89. The third-order valence-corrected chi connectivity index (χ3v) is 7.19. The molecular weight excluding hydrogens is 400 g/mol. The Balaban J connectivity index is 1.29. The summed E-state index contributed by atoms with van der Waals surface area (Å²) in [5.74, 6) is 1.58. The Morgan fingerprint density at radius 2 is 1.47 bits per heavy atom. The minimum atomic E-state index is -3.51. The fraction of sp³-hybridized carbons (Fsp3) is 0.261. The number of piperazine rings is 1. The highest BCUT2D eigenvalue weighted by atomic mass is 32.2. The van der Waals surface area contributed by atoms with Crippen LogP contribution in [0.2, 0.25) is 0 Å². The van der Waals surface area contributed by atoms with Crippen molar-refractivity contribution in [1.29, 1.82) is 0 Å². The molecule has 0 spiro atoms. The zero-order valence-corrected chi connectivity index (χ0v) is 17.4. The summed E-state index contributed by atoms with van der Waals surface area (Å²) in [6.07, 6.45) is 0.862. The van der Waals surface area contributed by atoms with Gasteiger partial charge in [-0.25, -0.2) is 8.42 Å². The standard InChI is InChI=1S/C23H24N2O4S/c26-23(14-12-20-11-13-22(29-20)19-7-3-1-4-8-19)24-15-17-25(18-16-24)30(27,28)21-9-5-2-6-10-21/h1-11,13H,12,14-18H2. The molecule has 0 aliphatic carbocycles. The first kappa shape index (κ1) is 20.4. The predicted molar refractivity (Wildman–Crippen MR) is 114 cm³/mol. The molecule has 3 aromatic rings. The summed E-state index contributed by atoms with van der Waals surface area (Å²) >= 11 is 0.